The van der Waals surface area contributed by atoms with Crippen molar-refractivity contribution in [2.75, 3.05) is 7.11 Å². The van der Waals surface area contributed by atoms with Gasteiger partial charge in [-0.1, -0.05) is 6.07 Å². The normalized spacial score (nSPS) is 9.12. The molecule has 1 aromatic rings. The van der Waals surface area contributed by atoms with E-state index in [-0.39, 0.29) is 30.2 Å². The van der Waals surface area contributed by atoms with Gasteiger partial charge in [-0.25, -0.2) is 4.79 Å². The lowest BCUT2D eigenvalue weighted by Gasteiger charge is -2.02. The Morgan fingerprint density at radius 3 is 2.62 bits per heavy atom. The molecule has 1 rings (SSSR count). The van der Waals surface area contributed by atoms with Crippen LogP contribution in [0.1, 0.15) is 15.9 Å². The van der Waals surface area contributed by atoms with Gasteiger partial charge >= 0.3 is 5.97 Å². The SMILES string of the molecule is COC(=O)c1ccc(CN)cc1[N+](=O)[O-].Cl. The highest BCUT2D eigenvalue weighted by molar-refractivity contribution is 5.93. The van der Waals surface area contributed by atoms with Gasteiger partial charge in [0.2, 0.25) is 0 Å². The minimum Gasteiger partial charge on any atom is -0.465 e. The van der Waals surface area contributed by atoms with Gasteiger partial charge in [-0.05, 0) is 11.6 Å². The number of nitro benzene ring substituents is 1. The Hall–Kier alpha value is -1.66. The summed E-state index contributed by atoms with van der Waals surface area (Å²) in [6, 6.07) is 4.16. The van der Waals surface area contributed by atoms with E-state index >= 15 is 0 Å². The van der Waals surface area contributed by atoms with E-state index in [4.69, 9.17) is 5.73 Å². The second-order valence-electron chi connectivity index (χ2n) is 2.80. The average molecular weight is 247 g/mol. The van der Waals surface area contributed by atoms with Crippen molar-refractivity contribution in [2.45, 2.75) is 6.54 Å². The summed E-state index contributed by atoms with van der Waals surface area (Å²) in [5.41, 5.74) is 5.57. The highest BCUT2D eigenvalue weighted by Gasteiger charge is 2.20. The average Bonchev–Trinajstić information content (AvgIpc) is 2.27. The van der Waals surface area contributed by atoms with E-state index in [9.17, 15) is 14.9 Å². The minimum absolute atomic E-state index is 0. The summed E-state index contributed by atoms with van der Waals surface area (Å²) >= 11 is 0. The first-order valence-corrected chi connectivity index (χ1v) is 4.16. The van der Waals surface area contributed by atoms with Crippen molar-refractivity contribution in [3.05, 3.63) is 39.4 Å². The molecule has 7 heteroatoms. The number of halogens is 1. The molecule has 1 aromatic carbocycles. The van der Waals surface area contributed by atoms with Crippen LogP contribution in [0.15, 0.2) is 18.2 Å². The molecular formula is C9H11ClN2O4. The molecule has 0 unspecified atom stereocenters. The smallest absolute Gasteiger partial charge is 0.344 e. The first-order chi connectivity index (χ1) is 7.10. The van der Waals surface area contributed by atoms with Gasteiger partial charge in [0, 0.05) is 12.6 Å². The van der Waals surface area contributed by atoms with Gasteiger partial charge in [0.05, 0.1) is 12.0 Å². The maximum atomic E-state index is 11.2. The van der Waals surface area contributed by atoms with E-state index in [0.29, 0.717) is 5.56 Å². The summed E-state index contributed by atoms with van der Waals surface area (Å²) in [7, 11) is 1.17. The van der Waals surface area contributed by atoms with Crippen LogP contribution in [0.2, 0.25) is 0 Å². The molecular weight excluding hydrogens is 236 g/mol. The predicted octanol–water partition coefficient (Wildman–Crippen LogP) is 1.26. The lowest BCUT2D eigenvalue weighted by atomic mass is 10.1. The number of methoxy groups -OCH3 is 1. The quantitative estimate of drug-likeness (QED) is 0.492. The molecule has 0 bridgehead atoms. The molecule has 0 saturated heterocycles. The Kier molecular flexibility index (Phi) is 5.41. The van der Waals surface area contributed by atoms with Crippen molar-refractivity contribution in [1.82, 2.24) is 0 Å². The van der Waals surface area contributed by atoms with Gasteiger partial charge in [-0.2, -0.15) is 0 Å². The van der Waals surface area contributed by atoms with E-state index in [1.807, 2.05) is 0 Å². The number of esters is 1. The fourth-order valence-corrected chi connectivity index (χ4v) is 1.14. The Balaban J connectivity index is 0.00000225. The van der Waals surface area contributed by atoms with Crippen LogP contribution < -0.4 is 5.73 Å². The number of hydrogen-bond donors (Lipinski definition) is 1. The van der Waals surface area contributed by atoms with E-state index in [1.165, 1.54) is 19.2 Å². The van der Waals surface area contributed by atoms with Crippen LogP contribution in [-0.2, 0) is 11.3 Å². The molecule has 16 heavy (non-hydrogen) atoms. The first-order valence-electron chi connectivity index (χ1n) is 4.16. The topological polar surface area (TPSA) is 95.5 Å². The summed E-state index contributed by atoms with van der Waals surface area (Å²) in [6.45, 7) is 0.183. The van der Waals surface area contributed by atoms with E-state index in [2.05, 4.69) is 4.74 Å². The highest BCUT2D eigenvalue weighted by atomic mass is 35.5. The number of carbonyl (C=O) groups excluding carboxylic acids is 1. The zero-order valence-corrected chi connectivity index (χ0v) is 9.32. The lowest BCUT2D eigenvalue weighted by molar-refractivity contribution is -0.385. The van der Waals surface area contributed by atoms with Crippen LogP contribution in [0.4, 0.5) is 5.69 Å². The maximum Gasteiger partial charge on any atom is 0.344 e. The number of nitrogens with two attached hydrogens (primary N) is 1. The number of benzene rings is 1. The van der Waals surface area contributed by atoms with Crippen molar-refractivity contribution in [1.29, 1.82) is 0 Å². The van der Waals surface area contributed by atoms with Crippen LogP contribution in [0, 0.1) is 10.1 Å². The van der Waals surface area contributed by atoms with Gasteiger partial charge in [-0.15, -0.1) is 12.4 Å². The summed E-state index contributed by atoms with van der Waals surface area (Å²) in [5.74, 6) is -0.731. The molecule has 0 radical (unpaired) electrons. The summed E-state index contributed by atoms with van der Waals surface area (Å²) in [5, 5.41) is 10.7. The van der Waals surface area contributed by atoms with Gasteiger partial charge in [-0.3, -0.25) is 10.1 Å². The number of ether oxygens (including phenoxy) is 1. The molecule has 0 aliphatic rings. The van der Waals surface area contributed by atoms with E-state index in [0.717, 1.165) is 0 Å². The van der Waals surface area contributed by atoms with Crippen LogP contribution in [-0.4, -0.2) is 18.0 Å². The Morgan fingerprint density at radius 2 is 2.19 bits per heavy atom. The molecule has 0 amide bonds. The molecule has 0 spiro atoms. The molecule has 0 aromatic heterocycles. The van der Waals surface area contributed by atoms with Crippen molar-refractivity contribution in [2.24, 2.45) is 5.73 Å². The fourth-order valence-electron chi connectivity index (χ4n) is 1.14. The van der Waals surface area contributed by atoms with Gasteiger partial charge in [0.15, 0.2) is 0 Å². The van der Waals surface area contributed by atoms with Crippen LogP contribution >= 0.6 is 12.4 Å². The molecule has 0 aliphatic carbocycles. The number of carbonyl (C=O) groups is 1. The third-order valence-electron chi connectivity index (χ3n) is 1.90. The van der Waals surface area contributed by atoms with Crippen molar-refractivity contribution in [3.63, 3.8) is 0 Å². The maximum absolute atomic E-state index is 11.2. The minimum atomic E-state index is -0.731. The second-order valence-corrected chi connectivity index (χ2v) is 2.80. The van der Waals surface area contributed by atoms with Crippen molar-refractivity contribution >= 4 is 24.1 Å². The van der Waals surface area contributed by atoms with Crippen LogP contribution in [0.25, 0.3) is 0 Å². The molecule has 88 valence electrons. The van der Waals surface area contributed by atoms with Crippen molar-refractivity contribution in [3.8, 4) is 0 Å². The Bertz CT molecular complexity index is 408. The Labute approximate surface area is 97.9 Å². The van der Waals surface area contributed by atoms with Crippen molar-refractivity contribution < 1.29 is 14.5 Å². The molecule has 0 aliphatic heterocycles. The van der Waals surface area contributed by atoms with Gasteiger partial charge in [0.1, 0.15) is 5.56 Å². The molecule has 6 nitrogen and oxygen atoms in total. The standard InChI is InChI=1S/C9H10N2O4.ClH/c1-15-9(12)7-3-2-6(5-10)4-8(7)11(13)14;/h2-4H,5,10H2,1H3;1H. The zero-order valence-electron chi connectivity index (χ0n) is 8.50. The number of rotatable bonds is 3. The summed E-state index contributed by atoms with van der Waals surface area (Å²) in [6.07, 6.45) is 0. The van der Waals surface area contributed by atoms with E-state index < -0.39 is 10.9 Å². The number of nitro groups is 1. The molecule has 0 fully saturated rings. The molecule has 2 N–H and O–H groups in total. The molecule has 0 heterocycles. The first kappa shape index (κ1) is 14.3. The predicted molar refractivity (Wildman–Crippen MR) is 59.6 cm³/mol. The molecule has 0 saturated carbocycles. The van der Waals surface area contributed by atoms with Gasteiger partial charge < -0.3 is 10.5 Å². The van der Waals surface area contributed by atoms with Crippen LogP contribution in [0.5, 0.6) is 0 Å². The Morgan fingerprint density at radius 1 is 1.56 bits per heavy atom. The fraction of sp³-hybridized carbons (Fsp3) is 0.222. The lowest BCUT2D eigenvalue weighted by Crippen LogP contribution is -2.07. The summed E-state index contributed by atoms with van der Waals surface area (Å²) < 4.78 is 4.43. The summed E-state index contributed by atoms with van der Waals surface area (Å²) in [4.78, 5) is 21.2. The molecule has 0 atom stereocenters. The number of nitrogens with zero attached hydrogens (tertiary/aromatic N) is 1. The van der Waals surface area contributed by atoms with Crippen LogP contribution in [0.3, 0.4) is 0 Å². The monoisotopic (exact) mass is 246 g/mol. The van der Waals surface area contributed by atoms with E-state index in [1.54, 1.807) is 6.07 Å². The number of hydrogen-bond acceptors (Lipinski definition) is 5. The zero-order chi connectivity index (χ0) is 11.4. The third-order valence-corrected chi connectivity index (χ3v) is 1.90. The highest BCUT2D eigenvalue weighted by Crippen LogP contribution is 2.20. The second kappa shape index (κ2) is 6.04. The largest absolute Gasteiger partial charge is 0.465 e. The van der Waals surface area contributed by atoms with Gasteiger partial charge in [0.25, 0.3) is 5.69 Å². The third kappa shape index (κ3) is 2.91.